The second kappa shape index (κ2) is 6.74. The molecule has 2 atom stereocenters. The molecule has 0 aliphatic carbocycles. The van der Waals surface area contributed by atoms with Gasteiger partial charge in [-0.05, 0) is 31.4 Å². The lowest BCUT2D eigenvalue weighted by molar-refractivity contribution is 0.228. The van der Waals surface area contributed by atoms with Crippen molar-refractivity contribution in [2.75, 3.05) is 24.7 Å². The van der Waals surface area contributed by atoms with E-state index >= 15 is 0 Å². The molecular formula is C11H24N2OS. The Bertz CT molecular complexity index is 172. The second-order valence-electron chi connectivity index (χ2n) is 4.40. The summed E-state index contributed by atoms with van der Waals surface area (Å²) in [5.41, 5.74) is 6.02. The van der Waals surface area contributed by atoms with Gasteiger partial charge in [-0.25, -0.2) is 0 Å². The SMILES string of the molecule is CCC(CCO)NC1(CN)CCCSC1. The number of rotatable bonds is 6. The highest BCUT2D eigenvalue weighted by Gasteiger charge is 2.32. The molecule has 1 aliphatic heterocycles. The summed E-state index contributed by atoms with van der Waals surface area (Å²) in [6, 6.07) is 0.414. The second-order valence-corrected chi connectivity index (χ2v) is 5.51. The first-order valence-electron chi connectivity index (χ1n) is 5.92. The zero-order chi connectivity index (χ0) is 11.1. The van der Waals surface area contributed by atoms with E-state index in [-0.39, 0.29) is 12.1 Å². The largest absolute Gasteiger partial charge is 0.396 e. The van der Waals surface area contributed by atoms with Crippen LogP contribution in [0.15, 0.2) is 0 Å². The number of nitrogens with one attached hydrogen (secondary N) is 1. The van der Waals surface area contributed by atoms with Crippen LogP contribution in [0, 0.1) is 0 Å². The molecule has 0 saturated carbocycles. The first-order chi connectivity index (χ1) is 7.26. The Morgan fingerprint density at radius 3 is 2.87 bits per heavy atom. The lowest BCUT2D eigenvalue weighted by atomic mass is 9.93. The van der Waals surface area contributed by atoms with Crippen molar-refractivity contribution in [3.05, 3.63) is 0 Å². The molecule has 15 heavy (non-hydrogen) atoms. The van der Waals surface area contributed by atoms with Gasteiger partial charge in [-0.2, -0.15) is 11.8 Å². The van der Waals surface area contributed by atoms with Crippen LogP contribution in [-0.2, 0) is 0 Å². The van der Waals surface area contributed by atoms with Gasteiger partial charge >= 0.3 is 0 Å². The molecule has 3 nitrogen and oxygen atoms in total. The molecule has 0 bridgehead atoms. The quantitative estimate of drug-likeness (QED) is 0.638. The number of aliphatic hydroxyl groups excluding tert-OH is 1. The van der Waals surface area contributed by atoms with Gasteiger partial charge in [0, 0.05) is 30.5 Å². The summed E-state index contributed by atoms with van der Waals surface area (Å²) in [5.74, 6) is 2.38. The third-order valence-electron chi connectivity index (χ3n) is 3.19. The van der Waals surface area contributed by atoms with E-state index in [1.165, 1.54) is 18.6 Å². The molecular weight excluding hydrogens is 208 g/mol. The zero-order valence-electron chi connectivity index (χ0n) is 9.67. The maximum absolute atomic E-state index is 8.98. The van der Waals surface area contributed by atoms with Gasteiger partial charge in [0.05, 0.1) is 0 Å². The van der Waals surface area contributed by atoms with Crippen molar-refractivity contribution in [3.63, 3.8) is 0 Å². The molecule has 1 heterocycles. The van der Waals surface area contributed by atoms with Gasteiger partial charge in [0.25, 0.3) is 0 Å². The van der Waals surface area contributed by atoms with Crippen LogP contribution >= 0.6 is 11.8 Å². The predicted octanol–water partition coefficient (Wildman–Crippen LogP) is 0.961. The molecule has 0 radical (unpaired) electrons. The Kier molecular flexibility index (Phi) is 5.97. The Hall–Kier alpha value is 0.230. The van der Waals surface area contributed by atoms with E-state index in [1.54, 1.807) is 0 Å². The number of thioether (sulfide) groups is 1. The fourth-order valence-electron chi connectivity index (χ4n) is 2.15. The van der Waals surface area contributed by atoms with Crippen LogP contribution in [0.4, 0.5) is 0 Å². The number of hydrogen-bond donors (Lipinski definition) is 3. The number of hydrogen-bond acceptors (Lipinski definition) is 4. The normalized spacial score (nSPS) is 29.0. The number of nitrogens with two attached hydrogens (primary N) is 1. The lowest BCUT2D eigenvalue weighted by Gasteiger charge is -2.40. The molecule has 0 amide bonds. The van der Waals surface area contributed by atoms with Crippen LogP contribution in [0.5, 0.6) is 0 Å². The molecule has 2 unspecified atom stereocenters. The van der Waals surface area contributed by atoms with E-state index in [9.17, 15) is 0 Å². The predicted molar refractivity (Wildman–Crippen MR) is 67.3 cm³/mol. The average molecular weight is 232 g/mol. The average Bonchev–Trinajstić information content (AvgIpc) is 2.30. The highest BCUT2D eigenvalue weighted by Crippen LogP contribution is 2.27. The fourth-order valence-corrected chi connectivity index (χ4v) is 3.38. The van der Waals surface area contributed by atoms with Gasteiger partial charge < -0.3 is 16.2 Å². The summed E-state index contributed by atoms with van der Waals surface area (Å²) in [6.07, 6.45) is 4.33. The van der Waals surface area contributed by atoms with Crippen molar-refractivity contribution >= 4 is 11.8 Å². The summed E-state index contributed by atoms with van der Waals surface area (Å²) in [4.78, 5) is 0. The van der Waals surface area contributed by atoms with E-state index in [1.807, 2.05) is 11.8 Å². The van der Waals surface area contributed by atoms with Crippen LogP contribution in [0.2, 0.25) is 0 Å². The summed E-state index contributed by atoms with van der Waals surface area (Å²) >= 11 is 1.99. The molecule has 0 aromatic rings. The minimum atomic E-state index is 0.124. The molecule has 4 N–H and O–H groups in total. The smallest absolute Gasteiger partial charge is 0.0445 e. The first-order valence-corrected chi connectivity index (χ1v) is 7.08. The monoisotopic (exact) mass is 232 g/mol. The van der Waals surface area contributed by atoms with E-state index < -0.39 is 0 Å². The highest BCUT2D eigenvalue weighted by atomic mass is 32.2. The molecule has 0 aromatic carbocycles. The molecule has 0 aromatic heterocycles. The summed E-state index contributed by atoms with van der Waals surface area (Å²) in [5, 5.41) is 12.6. The van der Waals surface area contributed by atoms with E-state index in [4.69, 9.17) is 10.8 Å². The molecule has 0 spiro atoms. The lowest BCUT2D eigenvalue weighted by Crippen LogP contribution is -2.58. The van der Waals surface area contributed by atoms with Crippen molar-refractivity contribution in [3.8, 4) is 0 Å². The Balaban J connectivity index is 2.49. The first kappa shape index (κ1) is 13.3. The topological polar surface area (TPSA) is 58.3 Å². The third kappa shape index (κ3) is 3.94. The van der Waals surface area contributed by atoms with E-state index in [0.29, 0.717) is 12.6 Å². The van der Waals surface area contributed by atoms with E-state index in [0.717, 1.165) is 18.6 Å². The van der Waals surface area contributed by atoms with Gasteiger partial charge in [0.1, 0.15) is 0 Å². The third-order valence-corrected chi connectivity index (χ3v) is 4.53. The van der Waals surface area contributed by atoms with Gasteiger partial charge in [-0.3, -0.25) is 0 Å². The molecule has 1 aliphatic rings. The van der Waals surface area contributed by atoms with Crippen molar-refractivity contribution in [2.45, 2.75) is 44.2 Å². The Morgan fingerprint density at radius 1 is 1.60 bits per heavy atom. The number of aliphatic hydroxyl groups is 1. The van der Waals surface area contributed by atoms with Crippen LogP contribution < -0.4 is 11.1 Å². The summed E-state index contributed by atoms with van der Waals surface area (Å²) in [6.45, 7) is 3.13. The van der Waals surface area contributed by atoms with Crippen LogP contribution in [-0.4, -0.2) is 41.3 Å². The van der Waals surface area contributed by atoms with Crippen molar-refractivity contribution < 1.29 is 5.11 Å². The van der Waals surface area contributed by atoms with Crippen molar-refractivity contribution in [2.24, 2.45) is 5.73 Å². The highest BCUT2D eigenvalue weighted by molar-refractivity contribution is 7.99. The molecule has 1 saturated heterocycles. The maximum Gasteiger partial charge on any atom is 0.0445 e. The van der Waals surface area contributed by atoms with Crippen molar-refractivity contribution in [1.82, 2.24) is 5.32 Å². The molecule has 4 heteroatoms. The van der Waals surface area contributed by atoms with Gasteiger partial charge in [0.15, 0.2) is 0 Å². The maximum atomic E-state index is 8.98. The molecule has 1 fully saturated rings. The van der Waals surface area contributed by atoms with Gasteiger partial charge in [0.2, 0.25) is 0 Å². The minimum Gasteiger partial charge on any atom is -0.396 e. The summed E-state index contributed by atoms with van der Waals surface area (Å²) < 4.78 is 0. The molecule has 1 rings (SSSR count). The van der Waals surface area contributed by atoms with Crippen LogP contribution in [0.1, 0.15) is 32.6 Å². The molecule has 90 valence electrons. The Labute approximate surface area is 97.2 Å². The van der Waals surface area contributed by atoms with Gasteiger partial charge in [-0.1, -0.05) is 6.92 Å². The van der Waals surface area contributed by atoms with Crippen LogP contribution in [0.25, 0.3) is 0 Å². The van der Waals surface area contributed by atoms with Crippen LogP contribution in [0.3, 0.4) is 0 Å². The van der Waals surface area contributed by atoms with Crippen molar-refractivity contribution in [1.29, 1.82) is 0 Å². The standard InChI is InChI=1S/C11H24N2OS/c1-2-10(4-6-14)13-11(8-12)5-3-7-15-9-11/h10,13-14H,2-9,12H2,1H3. The zero-order valence-corrected chi connectivity index (χ0v) is 10.5. The summed E-state index contributed by atoms with van der Waals surface area (Å²) in [7, 11) is 0. The van der Waals surface area contributed by atoms with E-state index in [2.05, 4.69) is 12.2 Å². The van der Waals surface area contributed by atoms with Gasteiger partial charge in [-0.15, -0.1) is 0 Å². The fraction of sp³-hybridized carbons (Fsp3) is 1.00. The Morgan fingerprint density at radius 2 is 2.40 bits per heavy atom. The minimum absolute atomic E-state index is 0.124.